The van der Waals surface area contributed by atoms with E-state index in [1.807, 2.05) is 0 Å². The number of H-pyrrole nitrogens is 1. The first-order chi connectivity index (χ1) is 8.66. The molecule has 0 amide bonds. The number of hydrogen-bond acceptors (Lipinski definition) is 1. The van der Waals surface area contributed by atoms with Gasteiger partial charge in [0.15, 0.2) is 0 Å². The Morgan fingerprint density at radius 2 is 1.89 bits per heavy atom. The van der Waals surface area contributed by atoms with E-state index in [-0.39, 0.29) is 5.82 Å². The van der Waals surface area contributed by atoms with Gasteiger partial charge in [-0.05, 0) is 51.8 Å². The third kappa shape index (κ3) is 1.82. The summed E-state index contributed by atoms with van der Waals surface area (Å²) in [4.78, 5) is 7.40. The van der Waals surface area contributed by atoms with Crippen molar-refractivity contribution in [3.63, 3.8) is 0 Å². The van der Waals surface area contributed by atoms with Crippen molar-refractivity contribution in [3.05, 3.63) is 51.8 Å². The van der Waals surface area contributed by atoms with Crippen LogP contribution in [0.2, 0.25) is 5.02 Å². The van der Waals surface area contributed by atoms with Crippen LogP contribution in [0.3, 0.4) is 0 Å². The van der Waals surface area contributed by atoms with Crippen molar-refractivity contribution in [1.29, 1.82) is 0 Å². The summed E-state index contributed by atoms with van der Waals surface area (Å²) in [5.74, 6) is -0.262. The molecule has 0 saturated heterocycles. The Balaban J connectivity index is 2.27. The second-order valence-electron chi connectivity index (χ2n) is 3.84. The van der Waals surface area contributed by atoms with Crippen molar-refractivity contribution in [2.24, 2.45) is 0 Å². The summed E-state index contributed by atoms with van der Waals surface area (Å²) in [6.07, 6.45) is 1.64. The Bertz CT molecular complexity index is 722. The molecule has 0 fully saturated rings. The molecule has 2 heterocycles. The molecule has 0 aliphatic rings. The maximum Gasteiger partial charge on any atom is 0.140 e. The molecule has 2 aromatic heterocycles. The molecule has 0 radical (unpaired) electrons. The van der Waals surface area contributed by atoms with Gasteiger partial charge in [0, 0.05) is 6.20 Å². The minimum absolute atomic E-state index is 0.262. The zero-order valence-electron chi connectivity index (χ0n) is 9.05. The Morgan fingerprint density at radius 3 is 2.56 bits per heavy atom. The molecule has 0 aliphatic heterocycles. The molecule has 90 valence electrons. The lowest BCUT2D eigenvalue weighted by molar-refractivity contribution is 0.628. The summed E-state index contributed by atoms with van der Waals surface area (Å²) in [6.45, 7) is 0. The first-order valence-electron chi connectivity index (χ1n) is 5.24. The highest BCUT2D eigenvalue weighted by Gasteiger charge is 2.14. The fraction of sp³-hybridized carbons (Fsp3) is 0. The molecule has 0 bridgehead atoms. The van der Waals surface area contributed by atoms with E-state index >= 15 is 0 Å². The summed E-state index contributed by atoms with van der Waals surface area (Å²) < 4.78 is 13.8. The maximum absolute atomic E-state index is 12.9. The van der Waals surface area contributed by atoms with Gasteiger partial charge in [-0.1, -0.05) is 11.6 Å². The predicted molar refractivity (Wildman–Crippen MR) is 74.2 cm³/mol. The van der Waals surface area contributed by atoms with Crippen LogP contribution in [-0.2, 0) is 0 Å². The van der Waals surface area contributed by atoms with Crippen LogP contribution in [0.25, 0.3) is 22.3 Å². The van der Waals surface area contributed by atoms with Crippen LogP contribution in [0.4, 0.5) is 4.39 Å². The maximum atomic E-state index is 12.9. The van der Waals surface area contributed by atoms with Gasteiger partial charge in [-0.15, -0.1) is 0 Å². The SMILES string of the molecule is Fc1ccc(-c2[nH]c3nccc(Cl)c3c2Br)cc1. The Morgan fingerprint density at radius 1 is 1.17 bits per heavy atom. The molecule has 0 saturated carbocycles. The van der Waals surface area contributed by atoms with Crippen molar-refractivity contribution in [2.75, 3.05) is 0 Å². The fourth-order valence-corrected chi connectivity index (χ4v) is 2.94. The van der Waals surface area contributed by atoms with Crippen LogP contribution < -0.4 is 0 Å². The topological polar surface area (TPSA) is 28.7 Å². The second-order valence-corrected chi connectivity index (χ2v) is 5.04. The quantitative estimate of drug-likeness (QED) is 0.685. The average molecular weight is 326 g/mol. The van der Waals surface area contributed by atoms with Gasteiger partial charge >= 0.3 is 0 Å². The molecule has 3 aromatic rings. The monoisotopic (exact) mass is 324 g/mol. The lowest BCUT2D eigenvalue weighted by Crippen LogP contribution is -1.79. The third-order valence-electron chi connectivity index (χ3n) is 2.72. The van der Waals surface area contributed by atoms with E-state index in [0.717, 1.165) is 21.1 Å². The molecule has 0 unspecified atom stereocenters. The number of pyridine rings is 1. The van der Waals surface area contributed by atoms with E-state index in [0.29, 0.717) is 10.7 Å². The van der Waals surface area contributed by atoms with Crippen LogP contribution in [0.1, 0.15) is 0 Å². The van der Waals surface area contributed by atoms with Crippen LogP contribution >= 0.6 is 27.5 Å². The predicted octanol–water partition coefficient (Wildman–Crippen LogP) is 4.78. The van der Waals surface area contributed by atoms with Crippen LogP contribution in [-0.4, -0.2) is 9.97 Å². The van der Waals surface area contributed by atoms with Gasteiger partial charge in [-0.2, -0.15) is 0 Å². The normalized spacial score (nSPS) is 11.1. The van der Waals surface area contributed by atoms with E-state index < -0.39 is 0 Å². The molecular formula is C13H7BrClFN2. The van der Waals surface area contributed by atoms with Crippen molar-refractivity contribution in [2.45, 2.75) is 0 Å². The number of aromatic amines is 1. The Kier molecular flexibility index (Phi) is 2.84. The van der Waals surface area contributed by atoms with Gasteiger partial charge in [-0.25, -0.2) is 9.37 Å². The third-order valence-corrected chi connectivity index (χ3v) is 3.82. The van der Waals surface area contributed by atoms with E-state index in [4.69, 9.17) is 11.6 Å². The van der Waals surface area contributed by atoms with Crippen molar-refractivity contribution in [3.8, 4) is 11.3 Å². The van der Waals surface area contributed by atoms with Crippen LogP contribution in [0.5, 0.6) is 0 Å². The van der Waals surface area contributed by atoms with Gasteiger partial charge < -0.3 is 4.98 Å². The lowest BCUT2D eigenvalue weighted by atomic mass is 10.1. The number of rotatable bonds is 1. The summed E-state index contributed by atoms with van der Waals surface area (Å²) in [5, 5.41) is 1.45. The molecule has 0 aliphatic carbocycles. The molecular weight excluding hydrogens is 319 g/mol. The second kappa shape index (κ2) is 4.37. The number of nitrogens with zero attached hydrogens (tertiary/aromatic N) is 1. The molecule has 0 spiro atoms. The van der Waals surface area contributed by atoms with Crippen LogP contribution in [0, 0.1) is 5.82 Å². The Hall–Kier alpha value is -1.39. The van der Waals surface area contributed by atoms with Gasteiger partial charge in [0.1, 0.15) is 11.5 Å². The number of nitrogens with one attached hydrogen (secondary N) is 1. The van der Waals surface area contributed by atoms with Crippen molar-refractivity contribution in [1.82, 2.24) is 9.97 Å². The van der Waals surface area contributed by atoms with Gasteiger partial charge in [0.25, 0.3) is 0 Å². The zero-order valence-corrected chi connectivity index (χ0v) is 11.4. The highest BCUT2D eigenvalue weighted by molar-refractivity contribution is 9.10. The molecule has 3 rings (SSSR count). The first kappa shape index (κ1) is 11.7. The minimum atomic E-state index is -0.262. The smallest absolute Gasteiger partial charge is 0.140 e. The zero-order chi connectivity index (χ0) is 12.7. The average Bonchev–Trinajstić information content (AvgIpc) is 2.69. The minimum Gasteiger partial charge on any atom is -0.338 e. The molecule has 18 heavy (non-hydrogen) atoms. The molecule has 0 atom stereocenters. The highest BCUT2D eigenvalue weighted by atomic mass is 79.9. The largest absolute Gasteiger partial charge is 0.338 e. The number of fused-ring (bicyclic) bond motifs is 1. The number of halogens is 3. The number of benzene rings is 1. The lowest BCUT2D eigenvalue weighted by Gasteiger charge is -1.99. The van der Waals surface area contributed by atoms with Crippen molar-refractivity contribution >= 4 is 38.6 Å². The Labute approximate surface area is 116 Å². The molecule has 2 nitrogen and oxygen atoms in total. The number of hydrogen-bond donors (Lipinski definition) is 1. The van der Waals surface area contributed by atoms with Crippen LogP contribution in [0.15, 0.2) is 41.0 Å². The van der Waals surface area contributed by atoms with Crippen molar-refractivity contribution < 1.29 is 4.39 Å². The first-order valence-corrected chi connectivity index (χ1v) is 6.41. The molecule has 1 N–H and O–H groups in total. The molecule has 5 heteroatoms. The highest BCUT2D eigenvalue weighted by Crippen LogP contribution is 2.37. The fourth-order valence-electron chi connectivity index (χ4n) is 1.86. The van der Waals surface area contributed by atoms with Gasteiger partial charge in [0.2, 0.25) is 0 Å². The van der Waals surface area contributed by atoms with Gasteiger partial charge in [0.05, 0.1) is 20.6 Å². The summed E-state index contributed by atoms with van der Waals surface area (Å²) >= 11 is 9.65. The number of aromatic nitrogens is 2. The van der Waals surface area contributed by atoms with E-state index in [1.54, 1.807) is 24.4 Å². The van der Waals surface area contributed by atoms with E-state index in [2.05, 4.69) is 25.9 Å². The summed E-state index contributed by atoms with van der Waals surface area (Å²) in [6, 6.07) is 7.99. The van der Waals surface area contributed by atoms with E-state index in [9.17, 15) is 4.39 Å². The van der Waals surface area contributed by atoms with Gasteiger partial charge in [-0.3, -0.25) is 0 Å². The summed E-state index contributed by atoms with van der Waals surface area (Å²) in [5.41, 5.74) is 2.41. The van der Waals surface area contributed by atoms with E-state index in [1.165, 1.54) is 12.1 Å². The molecule has 1 aromatic carbocycles. The standard InChI is InChI=1S/C13H7BrClFN2/c14-11-10-9(15)5-6-17-13(10)18-12(11)7-1-3-8(16)4-2-7/h1-6H,(H,17,18). The summed E-state index contributed by atoms with van der Waals surface area (Å²) in [7, 11) is 0.